The first-order valence-corrected chi connectivity index (χ1v) is 5.35. The minimum Gasteiger partial charge on any atom is -0.481 e. The van der Waals surface area contributed by atoms with Gasteiger partial charge in [0.05, 0.1) is 0 Å². The summed E-state index contributed by atoms with van der Waals surface area (Å²) in [6.45, 7) is 12.7. The summed E-state index contributed by atoms with van der Waals surface area (Å²) in [4.78, 5) is 21.5. The molecule has 0 aliphatic heterocycles. The molecule has 4 heteroatoms. The third kappa shape index (κ3) is 10.8. The average molecular weight is 230 g/mol. The van der Waals surface area contributed by atoms with E-state index < -0.39 is 17.5 Å². The van der Waals surface area contributed by atoms with Crippen LogP contribution in [0.5, 0.6) is 0 Å². The first kappa shape index (κ1) is 17.1. The van der Waals surface area contributed by atoms with Crippen LogP contribution in [0, 0.1) is 0 Å². The van der Waals surface area contributed by atoms with Gasteiger partial charge in [0.1, 0.15) is 5.60 Å². The largest absolute Gasteiger partial charge is 0.481 e. The van der Waals surface area contributed by atoms with Crippen molar-refractivity contribution in [2.45, 2.75) is 53.1 Å². The molecule has 0 unspecified atom stereocenters. The van der Waals surface area contributed by atoms with E-state index in [4.69, 9.17) is 9.84 Å². The average Bonchev–Trinajstić information content (AvgIpc) is 2.14. The van der Waals surface area contributed by atoms with Crippen molar-refractivity contribution in [3.63, 3.8) is 0 Å². The van der Waals surface area contributed by atoms with Crippen molar-refractivity contribution in [3.8, 4) is 0 Å². The van der Waals surface area contributed by atoms with Gasteiger partial charge in [-0.3, -0.25) is 4.79 Å². The molecule has 0 aromatic carbocycles. The molecule has 0 spiro atoms. The molecule has 94 valence electrons. The second-order valence-electron chi connectivity index (χ2n) is 4.00. The second-order valence-corrected chi connectivity index (χ2v) is 4.00. The minimum atomic E-state index is -0.949. The van der Waals surface area contributed by atoms with Gasteiger partial charge in [0, 0.05) is 12.0 Å². The van der Waals surface area contributed by atoms with E-state index in [9.17, 15) is 9.59 Å². The number of esters is 1. The maximum absolute atomic E-state index is 11.3. The summed E-state index contributed by atoms with van der Waals surface area (Å²) in [6, 6.07) is 0. The van der Waals surface area contributed by atoms with Gasteiger partial charge < -0.3 is 9.84 Å². The lowest BCUT2D eigenvalue weighted by Gasteiger charge is -2.19. The zero-order valence-corrected chi connectivity index (χ0v) is 10.8. The van der Waals surface area contributed by atoms with Crippen LogP contribution < -0.4 is 0 Å². The van der Waals surface area contributed by atoms with E-state index in [1.165, 1.54) is 0 Å². The van der Waals surface area contributed by atoms with Crippen molar-refractivity contribution in [1.29, 1.82) is 0 Å². The molecule has 0 aliphatic carbocycles. The van der Waals surface area contributed by atoms with Crippen LogP contribution in [-0.4, -0.2) is 22.6 Å². The van der Waals surface area contributed by atoms with E-state index >= 15 is 0 Å². The molecule has 4 nitrogen and oxygen atoms in total. The second kappa shape index (κ2) is 7.91. The Hall–Kier alpha value is -1.32. The molecule has 16 heavy (non-hydrogen) atoms. The summed E-state index contributed by atoms with van der Waals surface area (Å²) >= 11 is 0. The number of carbonyl (C=O) groups is 2. The lowest BCUT2D eigenvalue weighted by Crippen LogP contribution is -2.24. The molecule has 0 radical (unpaired) electrons. The van der Waals surface area contributed by atoms with Crippen LogP contribution in [0.1, 0.15) is 47.5 Å². The molecule has 0 saturated carbocycles. The molecule has 1 N–H and O–H groups in total. The fraction of sp³-hybridized carbons (Fsp3) is 0.667. The molecule has 0 saturated heterocycles. The van der Waals surface area contributed by atoms with Gasteiger partial charge in [-0.25, -0.2) is 4.79 Å². The third-order valence-corrected chi connectivity index (χ3v) is 1.33. The van der Waals surface area contributed by atoms with Crippen LogP contribution in [0.3, 0.4) is 0 Å². The van der Waals surface area contributed by atoms with Gasteiger partial charge in [0.2, 0.25) is 0 Å². The number of rotatable bonds is 4. The lowest BCUT2D eigenvalue weighted by molar-refractivity contribution is -0.150. The first-order valence-electron chi connectivity index (χ1n) is 5.35. The third-order valence-electron chi connectivity index (χ3n) is 1.33. The highest BCUT2D eigenvalue weighted by Crippen LogP contribution is 2.12. The number of hydrogen-bond donors (Lipinski definition) is 1. The first-order chi connectivity index (χ1) is 7.22. The monoisotopic (exact) mass is 230 g/mol. The van der Waals surface area contributed by atoms with Crippen LogP contribution in [0.15, 0.2) is 12.2 Å². The van der Waals surface area contributed by atoms with E-state index in [-0.39, 0.29) is 18.4 Å². The molecule has 0 fully saturated rings. The van der Waals surface area contributed by atoms with Gasteiger partial charge in [-0.15, -0.1) is 0 Å². The van der Waals surface area contributed by atoms with Crippen LogP contribution in [0.4, 0.5) is 0 Å². The Labute approximate surface area is 97.3 Å². The molecule has 0 amide bonds. The normalized spacial score (nSPS) is 9.81. The molecular formula is C12H22O4. The minimum absolute atomic E-state index is 0.0991. The maximum atomic E-state index is 11.3. The Balaban J connectivity index is 0. The number of ether oxygens (including phenoxy) is 1. The topological polar surface area (TPSA) is 63.6 Å². The fourth-order valence-electron chi connectivity index (χ4n) is 0.710. The zero-order chi connectivity index (χ0) is 13.4. The smallest absolute Gasteiger partial charge is 0.333 e. The molecular weight excluding hydrogens is 208 g/mol. The summed E-state index contributed by atoms with van der Waals surface area (Å²) in [6.07, 6.45) is 0.0301. The van der Waals surface area contributed by atoms with Crippen molar-refractivity contribution < 1.29 is 19.4 Å². The molecule has 0 aromatic rings. The Morgan fingerprint density at radius 2 is 1.62 bits per heavy atom. The number of aliphatic carboxylic acids is 1. The molecule has 0 aliphatic rings. The molecule has 0 heterocycles. The Bertz CT molecular complexity index is 248. The zero-order valence-electron chi connectivity index (χ0n) is 10.8. The van der Waals surface area contributed by atoms with Gasteiger partial charge in [0.25, 0.3) is 0 Å². The van der Waals surface area contributed by atoms with E-state index in [0.29, 0.717) is 0 Å². The quantitative estimate of drug-likeness (QED) is 0.595. The highest BCUT2D eigenvalue weighted by atomic mass is 16.6. The highest BCUT2D eigenvalue weighted by molar-refractivity contribution is 5.88. The van der Waals surface area contributed by atoms with E-state index in [1.807, 2.05) is 13.8 Å². The van der Waals surface area contributed by atoms with Gasteiger partial charge in [-0.2, -0.15) is 0 Å². The van der Waals surface area contributed by atoms with E-state index in [0.717, 1.165) is 0 Å². The number of carboxylic acid groups (broad SMARTS) is 1. The maximum Gasteiger partial charge on any atom is 0.333 e. The highest BCUT2D eigenvalue weighted by Gasteiger charge is 2.18. The standard InChI is InChI=1S/C10H16O4.C2H6/c1-7(5-6-8(11)12)9(13)14-10(2,3)4;1-2/h1,5-6H2,2-4H3,(H,11,12);1-2H3. The van der Waals surface area contributed by atoms with Gasteiger partial charge in [-0.1, -0.05) is 20.4 Å². The molecule has 0 bridgehead atoms. The lowest BCUT2D eigenvalue weighted by atomic mass is 10.1. The summed E-state index contributed by atoms with van der Waals surface area (Å²) < 4.78 is 5.00. The number of hydrogen-bond acceptors (Lipinski definition) is 3. The summed E-state index contributed by atoms with van der Waals surface area (Å²) in [5.41, 5.74) is -0.370. The van der Waals surface area contributed by atoms with E-state index in [2.05, 4.69) is 6.58 Å². The molecule has 0 rings (SSSR count). The van der Waals surface area contributed by atoms with Crippen molar-refractivity contribution >= 4 is 11.9 Å². The van der Waals surface area contributed by atoms with Crippen molar-refractivity contribution in [2.75, 3.05) is 0 Å². The van der Waals surface area contributed by atoms with Crippen molar-refractivity contribution in [1.82, 2.24) is 0 Å². The number of carboxylic acids is 1. The van der Waals surface area contributed by atoms with Crippen LogP contribution in [0.2, 0.25) is 0 Å². The number of carbonyl (C=O) groups excluding carboxylic acids is 1. The Morgan fingerprint density at radius 3 is 1.94 bits per heavy atom. The van der Waals surface area contributed by atoms with Gasteiger partial charge in [-0.05, 0) is 27.2 Å². The Kier molecular flexibility index (Phi) is 8.44. The Morgan fingerprint density at radius 1 is 1.19 bits per heavy atom. The van der Waals surface area contributed by atoms with Crippen LogP contribution in [0.25, 0.3) is 0 Å². The van der Waals surface area contributed by atoms with Gasteiger partial charge in [0.15, 0.2) is 0 Å². The SMILES string of the molecule is C=C(CCC(=O)O)C(=O)OC(C)(C)C.CC. The summed E-state index contributed by atoms with van der Waals surface area (Å²) in [5.74, 6) is -1.48. The van der Waals surface area contributed by atoms with Gasteiger partial charge >= 0.3 is 11.9 Å². The van der Waals surface area contributed by atoms with Crippen molar-refractivity contribution in [2.24, 2.45) is 0 Å². The summed E-state index contributed by atoms with van der Waals surface area (Å²) in [7, 11) is 0. The van der Waals surface area contributed by atoms with Crippen LogP contribution in [-0.2, 0) is 14.3 Å². The molecule has 0 aromatic heterocycles. The van der Waals surface area contributed by atoms with Crippen molar-refractivity contribution in [3.05, 3.63) is 12.2 Å². The van der Waals surface area contributed by atoms with E-state index in [1.54, 1.807) is 20.8 Å². The fourth-order valence-corrected chi connectivity index (χ4v) is 0.710. The summed E-state index contributed by atoms with van der Waals surface area (Å²) in [5, 5.41) is 8.38. The van der Waals surface area contributed by atoms with Crippen LogP contribution >= 0.6 is 0 Å². The predicted molar refractivity (Wildman–Crippen MR) is 63.2 cm³/mol. The predicted octanol–water partition coefficient (Wildman–Crippen LogP) is 2.78. The molecule has 0 atom stereocenters.